The fourth-order valence-electron chi connectivity index (χ4n) is 3.22. The monoisotopic (exact) mass is 414 g/mol. The van der Waals surface area contributed by atoms with Crippen LogP contribution in [0.25, 0.3) is 10.9 Å². The molecule has 0 aliphatic heterocycles. The molecule has 150 valence electrons. The maximum Gasteiger partial charge on any atom is 0.325 e. The van der Waals surface area contributed by atoms with Crippen molar-refractivity contribution < 1.29 is 24.6 Å². The number of aromatic nitrogens is 1. The SMILES string of the molecule is Cc1c(CC(=O)NC(C)C(=O)O)c2cc(O)ccc2n1C(=O)c1cccc(Cl)c1. The number of amides is 1. The molecule has 7 nitrogen and oxygen atoms in total. The Morgan fingerprint density at radius 3 is 2.55 bits per heavy atom. The normalized spacial score (nSPS) is 12.0. The van der Waals surface area contributed by atoms with Crippen LogP contribution in [0.5, 0.6) is 5.75 Å². The summed E-state index contributed by atoms with van der Waals surface area (Å²) < 4.78 is 1.46. The number of carbonyl (C=O) groups is 3. The first-order valence-electron chi connectivity index (χ1n) is 8.84. The van der Waals surface area contributed by atoms with Gasteiger partial charge in [-0.15, -0.1) is 0 Å². The van der Waals surface area contributed by atoms with Crippen LogP contribution in [0.3, 0.4) is 0 Å². The van der Waals surface area contributed by atoms with Gasteiger partial charge in [-0.25, -0.2) is 0 Å². The lowest BCUT2D eigenvalue weighted by molar-refractivity contribution is -0.141. The van der Waals surface area contributed by atoms with Crippen molar-refractivity contribution in [3.8, 4) is 5.75 Å². The summed E-state index contributed by atoms with van der Waals surface area (Å²) in [6, 6.07) is 10.0. The van der Waals surface area contributed by atoms with E-state index in [0.29, 0.717) is 32.7 Å². The van der Waals surface area contributed by atoms with Crippen LogP contribution in [0.15, 0.2) is 42.5 Å². The van der Waals surface area contributed by atoms with Gasteiger partial charge in [-0.2, -0.15) is 0 Å². The van der Waals surface area contributed by atoms with E-state index in [1.54, 1.807) is 37.3 Å². The van der Waals surface area contributed by atoms with Crippen molar-refractivity contribution in [1.82, 2.24) is 9.88 Å². The topological polar surface area (TPSA) is 109 Å². The molecule has 2 aromatic carbocycles. The highest BCUT2D eigenvalue weighted by atomic mass is 35.5. The molecule has 0 bridgehead atoms. The maximum atomic E-state index is 13.1. The van der Waals surface area contributed by atoms with E-state index >= 15 is 0 Å². The van der Waals surface area contributed by atoms with Crippen molar-refractivity contribution in [2.45, 2.75) is 26.3 Å². The van der Waals surface area contributed by atoms with E-state index in [4.69, 9.17) is 16.7 Å². The number of phenols is 1. The van der Waals surface area contributed by atoms with E-state index in [1.807, 2.05) is 0 Å². The predicted octanol–water partition coefficient (Wildman–Crippen LogP) is 3.13. The second kappa shape index (κ2) is 7.97. The zero-order valence-electron chi connectivity index (χ0n) is 15.8. The number of phenolic OH excluding ortho intramolecular Hbond substituents is 1. The van der Waals surface area contributed by atoms with Gasteiger partial charge in [0.25, 0.3) is 5.91 Å². The first kappa shape index (κ1) is 20.4. The molecular weight excluding hydrogens is 396 g/mol. The molecule has 0 aliphatic carbocycles. The minimum absolute atomic E-state index is 0.00887. The Labute approximate surface area is 171 Å². The summed E-state index contributed by atoms with van der Waals surface area (Å²) in [5.41, 5.74) is 1.95. The summed E-state index contributed by atoms with van der Waals surface area (Å²) in [4.78, 5) is 36.5. The molecule has 1 amide bonds. The average Bonchev–Trinajstić information content (AvgIpc) is 2.92. The molecule has 3 N–H and O–H groups in total. The molecule has 0 aliphatic rings. The number of aromatic hydroxyl groups is 1. The molecule has 1 unspecified atom stereocenters. The third kappa shape index (κ3) is 4.09. The zero-order chi connectivity index (χ0) is 21.3. The number of benzene rings is 2. The molecule has 1 aromatic heterocycles. The Bertz CT molecular complexity index is 1140. The van der Waals surface area contributed by atoms with Crippen molar-refractivity contribution >= 4 is 40.3 Å². The molecule has 1 atom stereocenters. The number of carboxylic acids is 1. The second-order valence-electron chi connectivity index (χ2n) is 6.72. The molecule has 0 radical (unpaired) electrons. The molecule has 0 saturated carbocycles. The smallest absolute Gasteiger partial charge is 0.325 e. The van der Waals surface area contributed by atoms with Gasteiger partial charge in [0.15, 0.2) is 0 Å². The maximum absolute atomic E-state index is 13.1. The van der Waals surface area contributed by atoms with Crippen LogP contribution in [0, 0.1) is 6.92 Å². The van der Waals surface area contributed by atoms with Crippen LogP contribution < -0.4 is 5.32 Å². The molecule has 8 heteroatoms. The van der Waals surface area contributed by atoms with Crippen LogP contribution in [0.1, 0.15) is 28.5 Å². The van der Waals surface area contributed by atoms with Gasteiger partial charge in [-0.1, -0.05) is 17.7 Å². The third-order valence-corrected chi connectivity index (χ3v) is 4.91. The number of rotatable bonds is 5. The Kier molecular flexibility index (Phi) is 5.61. The Balaban J connectivity index is 2.08. The molecule has 1 heterocycles. The minimum Gasteiger partial charge on any atom is -0.508 e. The van der Waals surface area contributed by atoms with Crippen LogP contribution in [0.2, 0.25) is 5.02 Å². The molecule has 29 heavy (non-hydrogen) atoms. The summed E-state index contributed by atoms with van der Waals surface area (Å²) in [6.45, 7) is 3.06. The number of aliphatic carboxylic acids is 1. The van der Waals surface area contributed by atoms with Gasteiger partial charge < -0.3 is 15.5 Å². The summed E-state index contributed by atoms with van der Waals surface area (Å²) in [7, 11) is 0. The number of nitrogens with one attached hydrogen (secondary N) is 1. The Morgan fingerprint density at radius 1 is 1.17 bits per heavy atom. The third-order valence-electron chi connectivity index (χ3n) is 4.68. The van der Waals surface area contributed by atoms with Gasteiger partial charge in [0.1, 0.15) is 11.8 Å². The lowest BCUT2D eigenvalue weighted by atomic mass is 10.1. The standard InChI is InChI=1S/C21H19ClN2O5/c1-11(21(28)29)23-19(26)10-16-12(2)24(18-7-6-15(25)9-17(16)18)20(27)13-4-3-5-14(22)8-13/h3-9,11,25H,10H2,1-2H3,(H,23,26)(H,28,29). The number of hydrogen-bond donors (Lipinski definition) is 3. The van der Waals surface area contributed by atoms with Crippen molar-refractivity contribution in [2.75, 3.05) is 0 Å². The van der Waals surface area contributed by atoms with E-state index in [2.05, 4.69) is 5.32 Å². The van der Waals surface area contributed by atoms with Crippen LogP contribution in [0.4, 0.5) is 0 Å². The van der Waals surface area contributed by atoms with E-state index < -0.39 is 17.9 Å². The highest BCUT2D eigenvalue weighted by Gasteiger charge is 2.23. The fraction of sp³-hybridized carbons (Fsp3) is 0.190. The van der Waals surface area contributed by atoms with E-state index in [-0.39, 0.29) is 18.1 Å². The largest absolute Gasteiger partial charge is 0.508 e. The van der Waals surface area contributed by atoms with Crippen LogP contribution in [-0.2, 0) is 16.0 Å². The Morgan fingerprint density at radius 2 is 1.90 bits per heavy atom. The number of carboxylic acid groups (broad SMARTS) is 1. The van der Waals surface area contributed by atoms with Gasteiger partial charge >= 0.3 is 5.97 Å². The van der Waals surface area contributed by atoms with Crippen molar-refractivity contribution in [3.05, 3.63) is 64.3 Å². The van der Waals surface area contributed by atoms with Gasteiger partial charge in [0, 0.05) is 21.7 Å². The Hall–Kier alpha value is -3.32. The summed E-state index contributed by atoms with van der Waals surface area (Å²) in [5, 5.41) is 22.2. The molecule has 0 fully saturated rings. The van der Waals surface area contributed by atoms with Gasteiger partial charge in [0.05, 0.1) is 11.9 Å². The van der Waals surface area contributed by atoms with Crippen molar-refractivity contribution in [1.29, 1.82) is 0 Å². The average molecular weight is 415 g/mol. The lowest BCUT2D eigenvalue weighted by Gasteiger charge is -2.10. The lowest BCUT2D eigenvalue weighted by Crippen LogP contribution is -2.39. The molecule has 3 aromatic rings. The van der Waals surface area contributed by atoms with Crippen molar-refractivity contribution in [3.63, 3.8) is 0 Å². The first-order chi connectivity index (χ1) is 13.7. The second-order valence-corrected chi connectivity index (χ2v) is 7.16. The van der Waals surface area contributed by atoms with E-state index in [1.165, 1.54) is 23.6 Å². The van der Waals surface area contributed by atoms with E-state index in [9.17, 15) is 19.5 Å². The highest BCUT2D eigenvalue weighted by Crippen LogP contribution is 2.30. The molecule has 3 rings (SSSR count). The molecule has 0 spiro atoms. The fourth-order valence-corrected chi connectivity index (χ4v) is 3.41. The number of carbonyl (C=O) groups excluding carboxylic acids is 2. The summed E-state index contributed by atoms with van der Waals surface area (Å²) >= 11 is 6.01. The van der Waals surface area contributed by atoms with Crippen LogP contribution >= 0.6 is 11.6 Å². The molecular formula is C21H19ClN2O5. The number of nitrogens with zero attached hydrogens (tertiary/aromatic N) is 1. The number of fused-ring (bicyclic) bond motifs is 1. The van der Waals surface area contributed by atoms with Gasteiger partial charge in [0.2, 0.25) is 5.91 Å². The van der Waals surface area contributed by atoms with Gasteiger partial charge in [-0.3, -0.25) is 19.0 Å². The minimum atomic E-state index is -1.15. The zero-order valence-corrected chi connectivity index (χ0v) is 16.5. The summed E-state index contributed by atoms with van der Waals surface area (Å²) in [6.07, 6.45) is -0.140. The van der Waals surface area contributed by atoms with Gasteiger partial charge in [-0.05, 0) is 55.8 Å². The summed E-state index contributed by atoms with van der Waals surface area (Å²) in [5.74, 6) is -1.98. The number of halogens is 1. The predicted molar refractivity (Wildman–Crippen MR) is 108 cm³/mol. The highest BCUT2D eigenvalue weighted by molar-refractivity contribution is 6.31. The molecule has 0 saturated heterocycles. The number of hydrogen-bond acceptors (Lipinski definition) is 4. The first-order valence-corrected chi connectivity index (χ1v) is 9.22. The van der Waals surface area contributed by atoms with E-state index in [0.717, 1.165) is 0 Å². The van der Waals surface area contributed by atoms with Crippen molar-refractivity contribution in [2.24, 2.45) is 0 Å². The quantitative estimate of drug-likeness (QED) is 0.594. The van der Waals surface area contributed by atoms with Crippen LogP contribution in [-0.4, -0.2) is 38.6 Å².